The van der Waals surface area contributed by atoms with Gasteiger partial charge in [-0.3, -0.25) is 5.43 Å². The van der Waals surface area contributed by atoms with Gasteiger partial charge in [-0.1, -0.05) is 34.8 Å². The topological polar surface area (TPSA) is 42.8 Å². The molecule has 0 amide bonds. The fourth-order valence-corrected chi connectivity index (χ4v) is 2.76. The highest BCUT2D eigenvalue weighted by Crippen LogP contribution is 2.33. The zero-order valence-electron chi connectivity index (χ0n) is 12.6. The Morgan fingerprint density at radius 1 is 1.09 bits per heavy atom. The van der Waals surface area contributed by atoms with E-state index in [1.165, 1.54) is 0 Å². The average molecular weight is 374 g/mol. The maximum atomic E-state index is 6.08. The molecule has 0 unspecified atom stereocenters. The highest BCUT2D eigenvalue weighted by atomic mass is 35.5. The summed E-state index contributed by atoms with van der Waals surface area (Å²) >= 11 is 18.0. The lowest BCUT2D eigenvalue weighted by atomic mass is 10.2. The Morgan fingerprint density at radius 3 is 2.39 bits per heavy atom. The standard InChI is InChI=1S/C16H15Cl3N2O2/c1-3-23-14-5-4-10(6-15(14)22-2)9-20-21-16-12(18)7-11(17)8-13(16)19/h4-9,21H,3H2,1-2H3/b20-9-. The Bertz CT molecular complexity index is 697. The van der Waals surface area contributed by atoms with E-state index in [1.807, 2.05) is 25.1 Å². The summed E-state index contributed by atoms with van der Waals surface area (Å²) in [5.74, 6) is 1.32. The van der Waals surface area contributed by atoms with Gasteiger partial charge in [0.15, 0.2) is 11.5 Å². The minimum absolute atomic E-state index is 0.393. The molecule has 23 heavy (non-hydrogen) atoms. The van der Waals surface area contributed by atoms with Gasteiger partial charge in [0, 0.05) is 5.02 Å². The lowest BCUT2D eigenvalue weighted by molar-refractivity contribution is 0.311. The molecule has 0 fully saturated rings. The van der Waals surface area contributed by atoms with Crippen molar-refractivity contribution in [1.82, 2.24) is 0 Å². The van der Waals surface area contributed by atoms with E-state index in [9.17, 15) is 0 Å². The SMILES string of the molecule is CCOc1ccc(/C=N\Nc2c(Cl)cc(Cl)cc2Cl)cc1OC. The minimum Gasteiger partial charge on any atom is -0.493 e. The van der Waals surface area contributed by atoms with Crippen molar-refractivity contribution in [3.05, 3.63) is 51.0 Å². The molecular formula is C16H15Cl3N2O2. The van der Waals surface area contributed by atoms with E-state index in [1.54, 1.807) is 25.5 Å². The van der Waals surface area contributed by atoms with Crippen molar-refractivity contribution in [2.75, 3.05) is 19.1 Å². The normalized spacial score (nSPS) is 10.8. The van der Waals surface area contributed by atoms with Gasteiger partial charge in [-0.2, -0.15) is 5.10 Å². The van der Waals surface area contributed by atoms with Crippen LogP contribution in [0.25, 0.3) is 0 Å². The molecule has 0 spiro atoms. The highest BCUT2D eigenvalue weighted by molar-refractivity contribution is 6.41. The number of hydrogen-bond acceptors (Lipinski definition) is 4. The van der Waals surface area contributed by atoms with Crippen molar-refractivity contribution >= 4 is 46.7 Å². The van der Waals surface area contributed by atoms with Gasteiger partial charge in [-0.25, -0.2) is 0 Å². The molecule has 0 saturated heterocycles. The van der Waals surface area contributed by atoms with Crippen molar-refractivity contribution in [3.63, 3.8) is 0 Å². The van der Waals surface area contributed by atoms with E-state index in [4.69, 9.17) is 44.3 Å². The van der Waals surface area contributed by atoms with Crippen molar-refractivity contribution < 1.29 is 9.47 Å². The molecular weight excluding hydrogens is 359 g/mol. The quantitative estimate of drug-likeness (QED) is 0.537. The van der Waals surface area contributed by atoms with Crippen LogP contribution in [0.3, 0.4) is 0 Å². The van der Waals surface area contributed by atoms with Crippen LogP contribution < -0.4 is 14.9 Å². The summed E-state index contributed by atoms with van der Waals surface area (Å²) in [4.78, 5) is 0. The van der Waals surface area contributed by atoms with Crippen LogP contribution in [0.1, 0.15) is 12.5 Å². The first-order valence-electron chi connectivity index (χ1n) is 6.79. The molecule has 2 aromatic rings. The van der Waals surface area contributed by atoms with Crippen LogP contribution >= 0.6 is 34.8 Å². The Balaban J connectivity index is 2.15. The maximum absolute atomic E-state index is 6.08. The predicted octanol–water partition coefficient (Wildman–Crippen LogP) is 5.50. The van der Waals surface area contributed by atoms with Crippen LogP contribution in [-0.2, 0) is 0 Å². The van der Waals surface area contributed by atoms with E-state index >= 15 is 0 Å². The second-order valence-electron chi connectivity index (χ2n) is 4.46. The summed E-state index contributed by atoms with van der Waals surface area (Å²) < 4.78 is 10.8. The van der Waals surface area contributed by atoms with Crippen molar-refractivity contribution in [2.45, 2.75) is 6.92 Å². The third kappa shape index (κ3) is 4.67. The Labute approximate surface area is 150 Å². The third-order valence-electron chi connectivity index (χ3n) is 2.88. The Hall–Kier alpha value is -1.62. The van der Waals surface area contributed by atoms with Crippen LogP contribution in [-0.4, -0.2) is 19.9 Å². The van der Waals surface area contributed by atoms with Crippen molar-refractivity contribution in [2.24, 2.45) is 5.10 Å². The Morgan fingerprint density at radius 2 is 1.78 bits per heavy atom. The molecule has 0 atom stereocenters. The number of hydrogen-bond donors (Lipinski definition) is 1. The number of methoxy groups -OCH3 is 1. The number of nitrogens with zero attached hydrogens (tertiary/aromatic N) is 1. The van der Waals surface area contributed by atoms with Crippen LogP contribution in [0.4, 0.5) is 5.69 Å². The number of hydrazone groups is 1. The summed E-state index contributed by atoms with van der Waals surface area (Å²) in [5.41, 5.74) is 4.13. The van der Waals surface area contributed by atoms with Crippen LogP contribution in [0.5, 0.6) is 11.5 Å². The molecule has 0 aliphatic heterocycles. The van der Waals surface area contributed by atoms with Gasteiger partial charge in [-0.15, -0.1) is 0 Å². The van der Waals surface area contributed by atoms with Crippen LogP contribution in [0.15, 0.2) is 35.4 Å². The fraction of sp³-hybridized carbons (Fsp3) is 0.188. The lowest BCUT2D eigenvalue weighted by Crippen LogP contribution is -1.97. The average Bonchev–Trinajstić information content (AvgIpc) is 2.51. The van der Waals surface area contributed by atoms with E-state index in [2.05, 4.69) is 10.5 Å². The van der Waals surface area contributed by atoms with Gasteiger partial charge in [0.25, 0.3) is 0 Å². The van der Waals surface area contributed by atoms with Gasteiger partial charge in [0.1, 0.15) is 0 Å². The first-order chi connectivity index (χ1) is 11.0. The number of rotatable bonds is 6. The summed E-state index contributed by atoms with van der Waals surface area (Å²) in [6, 6.07) is 8.69. The van der Waals surface area contributed by atoms with Gasteiger partial charge >= 0.3 is 0 Å². The fourth-order valence-electron chi connectivity index (χ4n) is 1.86. The molecule has 2 aromatic carbocycles. The molecule has 0 aliphatic carbocycles. The molecule has 2 rings (SSSR count). The minimum atomic E-state index is 0.393. The van der Waals surface area contributed by atoms with Gasteiger partial charge in [0.2, 0.25) is 0 Å². The van der Waals surface area contributed by atoms with Gasteiger partial charge < -0.3 is 9.47 Å². The lowest BCUT2D eigenvalue weighted by Gasteiger charge is -2.09. The number of nitrogens with one attached hydrogen (secondary N) is 1. The Kier molecular flexibility index (Phi) is 6.39. The molecule has 0 bridgehead atoms. The van der Waals surface area contributed by atoms with Gasteiger partial charge in [0.05, 0.1) is 35.7 Å². The van der Waals surface area contributed by atoms with E-state index < -0.39 is 0 Å². The van der Waals surface area contributed by atoms with Gasteiger partial charge in [-0.05, 0) is 42.8 Å². The van der Waals surface area contributed by atoms with E-state index in [-0.39, 0.29) is 0 Å². The smallest absolute Gasteiger partial charge is 0.161 e. The molecule has 0 radical (unpaired) electrons. The first-order valence-corrected chi connectivity index (χ1v) is 7.93. The summed E-state index contributed by atoms with van der Waals surface area (Å²) in [7, 11) is 1.59. The molecule has 0 heterocycles. The van der Waals surface area contributed by atoms with Crippen molar-refractivity contribution in [3.8, 4) is 11.5 Å². The monoisotopic (exact) mass is 372 g/mol. The summed E-state index contributed by atoms with van der Waals surface area (Å²) in [6.45, 7) is 2.48. The molecule has 0 aliphatic rings. The zero-order chi connectivity index (χ0) is 16.8. The first kappa shape index (κ1) is 17.7. The number of anilines is 1. The van der Waals surface area contributed by atoms with E-state index in [0.29, 0.717) is 38.9 Å². The molecule has 0 aromatic heterocycles. The molecule has 7 heteroatoms. The second-order valence-corrected chi connectivity index (χ2v) is 5.71. The number of halogens is 3. The zero-order valence-corrected chi connectivity index (χ0v) is 14.8. The molecule has 1 N–H and O–H groups in total. The van der Waals surface area contributed by atoms with Crippen molar-refractivity contribution in [1.29, 1.82) is 0 Å². The van der Waals surface area contributed by atoms with Crippen LogP contribution in [0, 0.1) is 0 Å². The van der Waals surface area contributed by atoms with Crippen LogP contribution in [0.2, 0.25) is 15.1 Å². The molecule has 4 nitrogen and oxygen atoms in total. The predicted molar refractivity (Wildman–Crippen MR) is 96.9 cm³/mol. The second kappa shape index (κ2) is 8.29. The molecule has 0 saturated carbocycles. The van der Waals surface area contributed by atoms with E-state index in [0.717, 1.165) is 5.56 Å². The molecule has 122 valence electrons. The maximum Gasteiger partial charge on any atom is 0.161 e. The third-order valence-corrected chi connectivity index (χ3v) is 3.70. The highest BCUT2D eigenvalue weighted by Gasteiger charge is 2.07. The number of benzene rings is 2. The summed E-state index contributed by atoms with van der Waals surface area (Å²) in [6.07, 6.45) is 1.62. The summed E-state index contributed by atoms with van der Waals surface area (Å²) in [5, 5.41) is 5.38. The number of ether oxygens (including phenoxy) is 2. The largest absolute Gasteiger partial charge is 0.493 e.